The zero-order chi connectivity index (χ0) is 16.2. The summed E-state index contributed by atoms with van der Waals surface area (Å²) in [4.78, 5) is -0.104. The van der Waals surface area contributed by atoms with Crippen molar-refractivity contribution >= 4 is 16.3 Å². The first-order valence-electron chi connectivity index (χ1n) is 6.38. The molecule has 0 atom stereocenters. The van der Waals surface area contributed by atoms with E-state index in [1.807, 2.05) is 0 Å². The molecule has 2 aromatic carbocycles. The van der Waals surface area contributed by atoms with Gasteiger partial charge >= 0.3 is 10.1 Å². The summed E-state index contributed by atoms with van der Waals surface area (Å²) < 4.78 is 41.9. The Morgan fingerprint density at radius 3 is 2.18 bits per heavy atom. The molecule has 0 aromatic heterocycles. The van der Waals surface area contributed by atoms with Crippen LogP contribution >= 0.6 is 0 Å². The van der Waals surface area contributed by atoms with Crippen molar-refractivity contribution < 1.29 is 17.0 Å². The average Bonchev–Trinajstić information content (AvgIpc) is 2.46. The second-order valence-corrected chi connectivity index (χ2v) is 6.20. The van der Waals surface area contributed by atoms with E-state index in [1.54, 1.807) is 37.5 Å². The van der Waals surface area contributed by atoms with Crippen LogP contribution < -0.4 is 4.18 Å². The highest BCUT2D eigenvalue weighted by Crippen LogP contribution is 2.19. The van der Waals surface area contributed by atoms with Crippen molar-refractivity contribution in [2.24, 2.45) is 5.10 Å². The molecule has 0 unspecified atom stereocenters. The second-order valence-electron chi connectivity index (χ2n) is 4.65. The van der Waals surface area contributed by atoms with E-state index in [4.69, 9.17) is 4.18 Å². The maximum atomic E-state index is 12.8. The van der Waals surface area contributed by atoms with E-state index < -0.39 is 15.9 Å². The summed E-state index contributed by atoms with van der Waals surface area (Å²) >= 11 is 0. The molecule has 0 saturated heterocycles. The molecule has 0 aliphatic carbocycles. The van der Waals surface area contributed by atoms with Crippen LogP contribution in [0.15, 0.2) is 58.5 Å². The third-order valence-corrected chi connectivity index (χ3v) is 3.89. The van der Waals surface area contributed by atoms with Gasteiger partial charge in [-0.3, -0.25) is 0 Å². The first-order valence-corrected chi connectivity index (χ1v) is 7.79. The predicted octanol–water partition coefficient (Wildman–Crippen LogP) is 2.49. The molecule has 7 heteroatoms. The topological polar surface area (TPSA) is 59.0 Å². The van der Waals surface area contributed by atoms with Crippen LogP contribution in [0.4, 0.5) is 4.39 Å². The highest BCUT2D eigenvalue weighted by Gasteiger charge is 2.16. The summed E-state index contributed by atoms with van der Waals surface area (Å²) in [5.41, 5.74) is 0.806. The summed E-state index contributed by atoms with van der Waals surface area (Å²) in [6.45, 7) is 0. The minimum atomic E-state index is -3.98. The molecule has 22 heavy (non-hydrogen) atoms. The molecule has 2 rings (SSSR count). The van der Waals surface area contributed by atoms with Crippen LogP contribution in [-0.4, -0.2) is 33.7 Å². The monoisotopic (exact) mass is 322 g/mol. The zero-order valence-electron chi connectivity index (χ0n) is 12.1. The van der Waals surface area contributed by atoms with Gasteiger partial charge in [0.05, 0.1) is 6.21 Å². The van der Waals surface area contributed by atoms with Gasteiger partial charge in [-0.25, -0.2) is 4.39 Å². The summed E-state index contributed by atoms with van der Waals surface area (Å²) in [5, 5.41) is 5.71. The summed E-state index contributed by atoms with van der Waals surface area (Å²) in [5.74, 6) is -0.338. The first-order chi connectivity index (χ1) is 10.4. The molecule has 0 N–H and O–H groups in total. The Kier molecular flexibility index (Phi) is 4.77. The highest BCUT2D eigenvalue weighted by molar-refractivity contribution is 7.87. The van der Waals surface area contributed by atoms with E-state index >= 15 is 0 Å². The number of hydrogen-bond donors (Lipinski definition) is 0. The van der Waals surface area contributed by atoms with Crippen LogP contribution in [0, 0.1) is 5.82 Å². The largest absolute Gasteiger partial charge is 0.379 e. The molecule has 0 radical (unpaired) electrons. The van der Waals surface area contributed by atoms with Crippen LogP contribution in [-0.2, 0) is 10.1 Å². The van der Waals surface area contributed by atoms with E-state index in [0.29, 0.717) is 0 Å². The van der Waals surface area contributed by atoms with Crippen LogP contribution in [0.3, 0.4) is 0 Å². The van der Waals surface area contributed by atoms with E-state index in [0.717, 1.165) is 29.8 Å². The number of halogens is 1. The maximum absolute atomic E-state index is 12.8. The van der Waals surface area contributed by atoms with Crippen LogP contribution in [0.5, 0.6) is 5.75 Å². The van der Waals surface area contributed by atoms with Crippen molar-refractivity contribution in [3.8, 4) is 5.75 Å². The number of hydrazone groups is 1. The number of rotatable bonds is 5. The van der Waals surface area contributed by atoms with E-state index in [2.05, 4.69) is 5.10 Å². The fraction of sp³-hybridized carbons (Fsp3) is 0.133. The van der Waals surface area contributed by atoms with Crippen LogP contribution in [0.25, 0.3) is 0 Å². The van der Waals surface area contributed by atoms with Crippen molar-refractivity contribution in [1.82, 2.24) is 5.01 Å². The third-order valence-electron chi connectivity index (χ3n) is 2.63. The molecule has 5 nitrogen and oxygen atoms in total. The molecule has 116 valence electrons. The van der Waals surface area contributed by atoms with Gasteiger partial charge in [0.25, 0.3) is 0 Å². The molecular formula is C15H15FN2O3S. The van der Waals surface area contributed by atoms with Crippen molar-refractivity contribution in [1.29, 1.82) is 0 Å². The smallest absolute Gasteiger partial charge is 0.339 e. The summed E-state index contributed by atoms with van der Waals surface area (Å²) in [6, 6.07) is 10.9. The van der Waals surface area contributed by atoms with E-state index in [9.17, 15) is 12.8 Å². The Hall–Kier alpha value is -2.41. The molecule has 0 heterocycles. The molecule has 0 spiro atoms. The quantitative estimate of drug-likeness (QED) is 0.482. The molecule has 0 amide bonds. The fourth-order valence-electron chi connectivity index (χ4n) is 1.57. The Morgan fingerprint density at radius 2 is 1.64 bits per heavy atom. The van der Waals surface area contributed by atoms with Gasteiger partial charge in [-0.05, 0) is 54.1 Å². The van der Waals surface area contributed by atoms with Crippen molar-refractivity contribution in [3.63, 3.8) is 0 Å². The molecule has 2 aromatic rings. The zero-order valence-corrected chi connectivity index (χ0v) is 12.9. The minimum Gasteiger partial charge on any atom is -0.379 e. The second kappa shape index (κ2) is 6.57. The van der Waals surface area contributed by atoms with Crippen LogP contribution in [0.2, 0.25) is 0 Å². The molecule has 0 aliphatic heterocycles. The molecule has 0 fully saturated rings. The molecular weight excluding hydrogens is 307 g/mol. The van der Waals surface area contributed by atoms with Crippen molar-refractivity contribution in [2.45, 2.75) is 4.90 Å². The van der Waals surface area contributed by atoms with Gasteiger partial charge in [0.15, 0.2) is 0 Å². The summed E-state index contributed by atoms with van der Waals surface area (Å²) in [7, 11) is -0.387. The molecule has 0 aliphatic rings. The Morgan fingerprint density at radius 1 is 1.05 bits per heavy atom. The Bertz CT molecular complexity index is 754. The van der Waals surface area contributed by atoms with Crippen molar-refractivity contribution in [3.05, 3.63) is 59.9 Å². The van der Waals surface area contributed by atoms with Gasteiger partial charge < -0.3 is 9.19 Å². The Labute approximate surface area is 128 Å². The highest BCUT2D eigenvalue weighted by atomic mass is 32.2. The maximum Gasteiger partial charge on any atom is 0.339 e. The first kappa shape index (κ1) is 16.0. The third kappa shape index (κ3) is 4.29. The van der Waals surface area contributed by atoms with Gasteiger partial charge in [-0.2, -0.15) is 13.5 Å². The minimum absolute atomic E-state index is 0.104. The lowest BCUT2D eigenvalue weighted by molar-refractivity contribution is 0.440. The molecule has 0 saturated carbocycles. The Balaban J connectivity index is 2.14. The van der Waals surface area contributed by atoms with Crippen molar-refractivity contribution in [2.75, 3.05) is 14.1 Å². The van der Waals surface area contributed by atoms with Gasteiger partial charge in [0.2, 0.25) is 0 Å². The number of hydrogen-bond acceptors (Lipinski definition) is 5. The predicted molar refractivity (Wildman–Crippen MR) is 81.9 cm³/mol. The van der Waals surface area contributed by atoms with Gasteiger partial charge in [0.1, 0.15) is 16.5 Å². The molecule has 0 bridgehead atoms. The SMILES string of the molecule is CN(C)/N=C\c1ccc(OS(=O)(=O)c2ccc(F)cc2)cc1. The number of benzene rings is 2. The lowest BCUT2D eigenvalue weighted by Gasteiger charge is -2.07. The van der Waals surface area contributed by atoms with E-state index in [-0.39, 0.29) is 10.6 Å². The lowest BCUT2D eigenvalue weighted by atomic mass is 10.2. The standard InChI is InChI=1S/C15H15FN2O3S/c1-18(2)17-11-12-3-7-14(8-4-12)21-22(19,20)15-9-5-13(16)6-10-15/h3-11H,1-2H3/b17-11-. The van der Waals surface area contributed by atoms with Gasteiger partial charge in [0, 0.05) is 14.1 Å². The van der Waals surface area contributed by atoms with Crippen LogP contribution in [0.1, 0.15) is 5.56 Å². The number of nitrogens with zero attached hydrogens (tertiary/aromatic N) is 2. The average molecular weight is 322 g/mol. The normalized spacial score (nSPS) is 11.6. The fourth-order valence-corrected chi connectivity index (χ4v) is 2.50. The van der Waals surface area contributed by atoms with Gasteiger partial charge in [-0.15, -0.1) is 0 Å². The van der Waals surface area contributed by atoms with E-state index in [1.165, 1.54) is 12.1 Å². The van der Waals surface area contributed by atoms with Gasteiger partial charge in [-0.1, -0.05) is 0 Å². The lowest BCUT2D eigenvalue weighted by Crippen LogP contribution is -2.09. The summed E-state index contributed by atoms with van der Waals surface area (Å²) in [6.07, 6.45) is 1.64.